The fourth-order valence-corrected chi connectivity index (χ4v) is 2.71. The summed E-state index contributed by atoms with van der Waals surface area (Å²) in [6.07, 6.45) is 2.72. The van der Waals surface area contributed by atoms with Crippen molar-refractivity contribution in [1.29, 1.82) is 0 Å². The highest BCUT2D eigenvalue weighted by molar-refractivity contribution is 5.61. The van der Waals surface area contributed by atoms with Crippen molar-refractivity contribution in [3.05, 3.63) is 60.7 Å². The molecule has 3 heteroatoms. The summed E-state index contributed by atoms with van der Waals surface area (Å²) in [5.41, 5.74) is 5.64. The van der Waals surface area contributed by atoms with Crippen molar-refractivity contribution in [1.82, 2.24) is 5.43 Å². The van der Waals surface area contributed by atoms with Crippen LogP contribution in [0.4, 0.5) is 11.4 Å². The molecule has 0 aliphatic heterocycles. The number of hydrogen-bond donors (Lipinski definition) is 2. The van der Waals surface area contributed by atoms with Gasteiger partial charge in [-0.25, -0.2) is 5.43 Å². The minimum Gasteiger partial charge on any atom is -0.391 e. The summed E-state index contributed by atoms with van der Waals surface area (Å²) in [5, 5.41) is 12.1. The van der Waals surface area contributed by atoms with Crippen LogP contribution in [-0.2, 0) is 0 Å². The number of aliphatic hydroxyl groups excluding tert-OH is 1. The molecule has 0 saturated heterocycles. The van der Waals surface area contributed by atoms with Gasteiger partial charge in [-0.15, -0.1) is 0 Å². The molecule has 3 rings (SSSR count). The molecule has 2 N–H and O–H groups in total. The molecule has 0 amide bonds. The van der Waals surface area contributed by atoms with E-state index in [1.807, 2.05) is 36.4 Å². The largest absolute Gasteiger partial charge is 0.391 e. The summed E-state index contributed by atoms with van der Waals surface area (Å²) in [6.45, 7) is 0. The molecule has 104 valence electrons. The van der Waals surface area contributed by atoms with Gasteiger partial charge >= 0.3 is 0 Å². The van der Waals surface area contributed by atoms with E-state index in [-0.39, 0.29) is 12.1 Å². The lowest BCUT2D eigenvalue weighted by Crippen LogP contribution is -2.45. The van der Waals surface area contributed by atoms with Gasteiger partial charge in [0.25, 0.3) is 0 Å². The zero-order valence-corrected chi connectivity index (χ0v) is 11.4. The summed E-state index contributed by atoms with van der Waals surface area (Å²) in [4.78, 5) is 0. The van der Waals surface area contributed by atoms with Gasteiger partial charge < -0.3 is 5.11 Å². The molecule has 3 nitrogen and oxygen atoms in total. The first kappa shape index (κ1) is 13.2. The Balaban J connectivity index is 1.88. The van der Waals surface area contributed by atoms with Gasteiger partial charge in [-0.2, -0.15) is 0 Å². The van der Waals surface area contributed by atoms with E-state index >= 15 is 0 Å². The number of anilines is 2. The van der Waals surface area contributed by atoms with Crippen molar-refractivity contribution in [2.24, 2.45) is 0 Å². The Morgan fingerprint density at radius 2 is 1.40 bits per heavy atom. The number of para-hydroxylation sites is 2. The maximum Gasteiger partial charge on any atom is 0.0711 e. The van der Waals surface area contributed by atoms with E-state index in [9.17, 15) is 5.11 Å². The molecule has 1 fully saturated rings. The van der Waals surface area contributed by atoms with Crippen LogP contribution in [0.15, 0.2) is 60.7 Å². The SMILES string of the molecule is O[C@@H]1CCC[C@H]1NN(c1ccccc1)c1ccccc1. The monoisotopic (exact) mass is 268 g/mol. The number of aliphatic hydroxyl groups is 1. The molecule has 0 heterocycles. The molecule has 0 radical (unpaired) electrons. The predicted octanol–water partition coefficient (Wildman–Crippen LogP) is 3.24. The summed E-state index contributed by atoms with van der Waals surface area (Å²) in [7, 11) is 0. The fraction of sp³-hybridized carbons (Fsp3) is 0.294. The minimum atomic E-state index is -0.259. The van der Waals surface area contributed by atoms with Crippen molar-refractivity contribution < 1.29 is 5.11 Å². The number of hydrogen-bond acceptors (Lipinski definition) is 3. The van der Waals surface area contributed by atoms with Crippen LogP contribution in [0.1, 0.15) is 19.3 Å². The van der Waals surface area contributed by atoms with Crippen molar-refractivity contribution >= 4 is 11.4 Å². The maximum absolute atomic E-state index is 10.0. The lowest BCUT2D eigenvalue weighted by Gasteiger charge is -2.30. The molecular weight excluding hydrogens is 248 g/mol. The second-order valence-corrected chi connectivity index (χ2v) is 5.24. The lowest BCUT2D eigenvalue weighted by atomic mass is 10.2. The van der Waals surface area contributed by atoms with Gasteiger partial charge in [0.1, 0.15) is 0 Å². The van der Waals surface area contributed by atoms with Crippen LogP contribution < -0.4 is 10.4 Å². The summed E-state index contributed by atoms with van der Waals surface area (Å²) < 4.78 is 0. The van der Waals surface area contributed by atoms with Crippen molar-refractivity contribution in [3.63, 3.8) is 0 Å². The highest BCUT2D eigenvalue weighted by atomic mass is 16.3. The highest BCUT2D eigenvalue weighted by Gasteiger charge is 2.27. The van der Waals surface area contributed by atoms with E-state index < -0.39 is 0 Å². The first-order valence-corrected chi connectivity index (χ1v) is 7.19. The Morgan fingerprint density at radius 1 is 0.850 bits per heavy atom. The van der Waals surface area contributed by atoms with E-state index in [2.05, 4.69) is 34.7 Å². The van der Waals surface area contributed by atoms with E-state index in [0.29, 0.717) is 0 Å². The second-order valence-electron chi connectivity index (χ2n) is 5.24. The molecule has 1 saturated carbocycles. The van der Waals surface area contributed by atoms with Gasteiger partial charge in [-0.05, 0) is 43.5 Å². The average Bonchev–Trinajstić information content (AvgIpc) is 2.92. The third kappa shape index (κ3) is 2.84. The highest BCUT2D eigenvalue weighted by Crippen LogP contribution is 2.26. The molecule has 1 aliphatic carbocycles. The molecule has 1 aliphatic rings. The van der Waals surface area contributed by atoms with E-state index in [4.69, 9.17) is 0 Å². The molecule has 0 unspecified atom stereocenters. The van der Waals surface area contributed by atoms with E-state index in [1.165, 1.54) is 0 Å². The lowest BCUT2D eigenvalue weighted by molar-refractivity contribution is 0.149. The quantitative estimate of drug-likeness (QED) is 0.836. The van der Waals surface area contributed by atoms with E-state index in [0.717, 1.165) is 30.6 Å². The Hall–Kier alpha value is -1.84. The van der Waals surface area contributed by atoms with E-state index in [1.54, 1.807) is 0 Å². The predicted molar refractivity (Wildman–Crippen MR) is 81.8 cm³/mol. The molecule has 2 aromatic carbocycles. The molecular formula is C17H20N2O. The number of nitrogens with zero attached hydrogens (tertiary/aromatic N) is 1. The van der Waals surface area contributed by atoms with Crippen LogP contribution in [-0.4, -0.2) is 17.3 Å². The molecule has 0 aromatic heterocycles. The number of rotatable bonds is 4. The van der Waals surface area contributed by atoms with Crippen molar-refractivity contribution in [3.8, 4) is 0 Å². The van der Waals surface area contributed by atoms with Gasteiger partial charge in [0, 0.05) is 0 Å². The smallest absolute Gasteiger partial charge is 0.0711 e. The third-order valence-electron chi connectivity index (χ3n) is 3.80. The Kier molecular flexibility index (Phi) is 4.00. The number of hydrazine groups is 1. The summed E-state index contributed by atoms with van der Waals surface area (Å²) >= 11 is 0. The summed E-state index contributed by atoms with van der Waals surface area (Å²) in [6, 6.07) is 20.5. The van der Waals surface area contributed by atoms with Crippen LogP contribution in [0, 0.1) is 0 Å². The second kappa shape index (κ2) is 6.07. The molecule has 20 heavy (non-hydrogen) atoms. The Morgan fingerprint density at radius 3 is 1.85 bits per heavy atom. The van der Waals surface area contributed by atoms with Crippen molar-refractivity contribution in [2.75, 3.05) is 5.01 Å². The van der Waals surface area contributed by atoms with Gasteiger partial charge in [0.15, 0.2) is 0 Å². The minimum absolute atomic E-state index is 0.121. The zero-order valence-electron chi connectivity index (χ0n) is 11.4. The standard InChI is InChI=1S/C17H20N2O/c20-17-13-7-12-16(17)18-19(14-8-3-1-4-9-14)15-10-5-2-6-11-15/h1-6,8-11,16-18,20H,7,12-13H2/t16-,17-/m1/s1. The van der Waals surface area contributed by atoms with Gasteiger partial charge in [0.05, 0.1) is 23.5 Å². The fourth-order valence-electron chi connectivity index (χ4n) is 2.71. The maximum atomic E-state index is 10.0. The Labute approximate surface area is 119 Å². The first-order valence-electron chi connectivity index (χ1n) is 7.19. The number of benzene rings is 2. The number of nitrogens with one attached hydrogen (secondary N) is 1. The molecule has 0 bridgehead atoms. The van der Waals surface area contributed by atoms with Crippen LogP contribution in [0.3, 0.4) is 0 Å². The molecule has 2 atom stereocenters. The van der Waals surface area contributed by atoms with Crippen LogP contribution in [0.5, 0.6) is 0 Å². The molecule has 2 aromatic rings. The van der Waals surface area contributed by atoms with Crippen LogP contribution in [0.25, 0.3) is 0 Å². The Bertz CT molecular complexity index is 490. The van der Waals surface area contributed by atoms with Gasteiger partial charge in [-0.3, -0.25) is 5.01 Å². The third-order valence-corrected chi connectivity index (χ3v) is 3.80. The normalized spacial score (nSPS) is 21.9. The zero-order chi connectivity index (χ0) is 13.8. The summed E-state index contributed by atoms with van der Waals surface area (Å²) in [5.74, 6) is 0. The van der Waals surface area contributed by atoms with Gasteiger partial charge in [0.2, 0.25) is 0 Å². The van der Waals surface area contributed by atoms with Crippen molar-refractivity contribution in [2.45, 2.75) is 31.4 Å². The molecule has 0 spiro atoms. The van der Waals surface area contributed by atoms with Crippen LogP contribution >= 0.6 is 0 Å². The first-order chi connectivity index (χ1) is 9.84. The average molecular weight is 268 g/mol. The van der Waals surface area contributed by atoms with Crippen LogP contribution in [0.2, 0.25) is 0 Å². The topological polar surface area (TPSA) is 35.5 Å². The van der Waals surface area contributed by atoms with Gasteiger partial charge in [-0.1, -0.05) is 36.4 Å².